The van der Waals surface area contributed by atoms with E-state index < -0.39 is 0 Å². The highest BCUT2D eigenvalue weighted by atomic mass is 16.4. The molecule has 1 rings (SSSR count). The first kappa shape index (κ1) is 15.0. The van der Waals surface area contributed by atoms with Gasteiger partial charge in [0.1, 0.15) is 0 Å². The fourth-order valence-electron chi connectivity index (χ4n) is 2.10. The summed E-state index contributed by atoms with van der Waals surface area (Å²) in [6, 6.07) is 0. The van der Waals surface area contributed by atoms with Gasteiger partial charge in [-0.05, 0) is 11.3 Å². The quantitative estimate of drug-likeness (QED) is 0.608. The van der Waals surface area contributed by atoms with Crippen molar-refractivity contribution in [3.8, 4) is 0 Å². The topological polar surface area (TPSA) is 52.9 Å². The van der Waals surface area contributed by atoms with E-state index in [1.54, 1.807) is 0 Å². The second-order valence-electron chi connectivity index (χ2n) is 6.55. The Morgan fingerprint density at radius 2 is 2.17 bits per heavy atom. The second-order valence-corrected chi connectivity index (χ2v) is 6.55. The summed E-state index contributed by atoms with van der Waals surface area (Å²) in [5.74, 6) is 0.757. The summed E-state index contributed by atoms with van der Waals surface area (Å²) < 4.78 is 0. The van der Waals surface area contributed by atoms with Crippen LogP contribution in [0.2, 0.25) is 0 Å². The normalized spacial score (nSPS) is 25.3. The van der Waals surface area contributed by atoms with Crippen molar-refractivity contribution in [2.45, 2.75) is 47.5 Å². The van der Waals surface area contributed by atoms with Crippen molar-refractivity contribution in [2.75, 3.05) is 13.1 Å². The summed E-state index contributed by atoms with van der Waals surface area (Å²) in [7, 11) is 0. The molecule has 0 spiro atoms. The first-order valence-corrected chi connectivity index (χ1v) is 6.74. The third-order valence-electron chi connectivity index (χ3n) is 4.14. The van der Waals surface area contributed by atoms with Crippen LogP contribution in [0.1, 0.15) is 47.5 Å². The number of likely N-dealkylation sites (tertiary alicyclic amines) is 1. The molecule has 0 aromatic rings. The molecule has 1 aliphatic heterocycles. The van der Waals surface area contributed by atoms with Gasteiger partial charge in [0.15, 0.2) is 0 Å². The summed E-state index contributed by atoms with van der Waals surface area (Å²) >= 11 is 0. The van der Waals surface area contributed by atoms with Gasteiger partial charge in [0.05, 0.1) is 5.71 Å². The molecule has 18 heavy (non-hydrogen) atoms. The van der Waals surface area contributed by atoms with Crippen molar-refractivity contribution in [1.82, 2.24) is 4.90 Å². The van der Waals surface area contributed by atoms with E-state index in [1.807, 2.05) is 11.8 Å². The molecule has 2 unspecified atom stereocenters. The van der Waals surface area contributed by atoms with Crippen LogP contribution in [0.4, 0.5) is 0 Å². The number of piperidine rings is 1. The fraction of sp³-hybridized carbons (Fsp3) is 0.857. The summed E-state index contributed by atoms with van der Waals surface area (Å²) in [6.45, 7) is 12.0. The number of carbonyl (C=O) groups excluding carboxylic acids is 1. The van der Waals surface area contributed by atoms with Gasteiger partial charge < -0.3 is 10.1 Å². The molecular formula is C14H26N2O2. The minimum Gasteiger partial charge on any atom is -0.411 e. The Bertz CT molecular complexity index is 331. The Morgan fingerprint density at radius 3 is 2.61 bits per heavy atom. The second kappa shape index (κ2) is 5.72. The maximum Gasteiger partial charge on any atom is 0.222 e. The average molecular weight is 254 g/mol. The lowest BCUT2D eigenvalue weighted by Crippen LogP contribution is -2.44. The van der Waals surface area contributed by atoms with E-state index in [9.17, 15) is 4.79 Å². The van der Waals surface area contributed by atoms with Crippen molar-refractivity contribution in [3.63, 3.8) is 0 Å². The Hall–Kier alpha value is -1.06. The molecular weight excluding hydrogens is 228 g/mol. The maximum absolute atomic E-state index is 12.2. The molecule has 2 atom stereocenters. The molecule has 1 fully saturated rings. The molecule has 1 amide bonds. The zero-order chi connectivity index (χ0) is 13.9. The largest absolute Gasteiger partial charge is 0.411 e. The van der Waals surface area contributed by atoms with Crippen molar-refractivity contribution in [1.29, 1.82) is 0 Å². The number of rotatable bonds is 2. The third kappa shape index (κ3) is 3.72. The van der Waals surface area contributed by atoms with Crippen LogP contribution in [-0.4, -0.2) is 34.8 Å². The summed E-state index contributed by atoms with van der Waals surface area (Å²) in [5, 5.41) is 12.1. The highest BCUT2D eigenvalue weighted by Gasteiger charge is 2.29. The molecule has 0 bridgehead atoms. The monoisotopic (exact) mass is 254 g/mol. The zero-order valence-corrected chi connectivity index (χ0v) is 12.2. The van der Waals surface area contributed by atoms with Gasteiger partial charge in [-0.25, -0.2) is 0 Å². The molecule has 4 heteroatoms. The Morgan fingerprint density at radius 1 is 1.56 bits per heavy atom. The molecule has 104 valence electrons. The van der Waals surface area contributed by atoms with Crippen LogP contribution in [0, 0.1) is 17.3 Å². The number of amides is 1. The summed E-state index contributed by atoms with van der Waals surface area (Å²) in [4.78, 5) is 14.1. The SMILES string of the molecule is CC1CN(C(=O)CC(C)C(C)(C)C)CCC1=NO. The third-order valence-corrected chi connectivity index (χ3v) is 4.14. The van der Waals surface area contributed by atoms with Gasteiger partial charge in [0, 0.05) is 31.8 Å². The highest BCUT2D eigenvalue weighted by molar-refractivity contribution is 5.89. The molecule has 0 aromatic heterocycles. The number of hydrogen-bond acceptors (Lipinski definition) is 3. The van der Waals surface area contributed by atoms with Crippen molar-refractivity contribution < 1.29 is 10.0 Å². The molecule has 0 radical (unpaired) electrons. The van der Waals surface area contributed by atoms with E-state index in [1.165, 1.54) is 0 Å². The minimum absolute atomic E-state index is 0.161. The maximum atomic E-state index is 12.2. The van der Waals surface area contributed by atoms with E-state index in [2.05, 4.69) is 32.9 Å². The van der Waals surface area contributed by atoms with Gasteiger partial charge in [-0.2, -0.15) is 0 Å². The average Bonchev–Trinajstić information content (AvgIpc) is 2.27. The Kier molecular flexibility index (Phi) is 4.77. The van der Waals surface area contributed by atoms with Crippen LogP contribution >= 0.6 is 0 Å². The molecule has 1 N–H and O–H groups in total. The van der Waals surface area contributed by atoms with Crippen LogP contribution in [0.3, 0.4) is 0 Å². The van der Waals surface area contributed by atoms with Crippen molar-refractivity contribution in [3.05, 3.63) is 0 Å². The van der Waals surface area contributed by atoms with Crippen LogP contribution in [-0.2, 0) is 4.79 Å². The first-order valence-electron chi connectivity index (χ1n) is 6.74. The van der Waals surface area contributed by atoms with Crippen LogP contribution in [0.25, 0.3) is 0 Å². The lowest BCUT2D eigenvalue weighted by molar-refractivity contribution is -0.133. The van der Waals surface area contributed by atoms with Gasteiger partial charge in [-0.15, -0.1) is 0 Å². The Labute approximate surface area is 110 Å². The highest BCUT2D eigenvalue weighted by Crippen LogP contribution is 2.29. The molecule has 1 heterocycles. The van der Waals surface area contributed by atoms with Gasteiger partial charge in [0.25, 0.3) is 0 Å². The number of hydrogen-bond donors (Lipinski definition) is 1. The van der Waals surface area contributed by atoms with Crippen LogP contribution in [0.5, 0.6) is 0 Å². The Balaban J connectivity index is 2.55. The first-order chi connectivity index (χ1) is 8.25. The van der Waals surface area contributed by atoms with E-state index in [0.29, 0.717) is 31.8 Å². The molecule has 0 aromatic carbocycles. The zero-order valence-electron chi connectivity index (χ0n) is 12.2. The number of carbonyl (C=O) groups is 1. The molecule has 1 aliphatic rings. The van der Waals surface area contributed by atoms with Crippen molar-refractivity contribution >= 4 is 11.6 Å². The predicted molar refractivity (Wildman–Crippen MR) is 72.8 cm³/mol. The van der Waals surface area contributed by atoms with E-state index in [-0.39, 0.29) is 17.2 Å². The van der Waals surface area contributed by atoms with E-state index >= 15 is 0 Å². The van der Waals surface area contributed by atoms with Gasteiger partial charge in [-0.3, -0.25) is 4.79 Å². The van der Waals surface area contributed by atoms with Crippen molar-refractivity contribution in [2.24, 2.45) is 22.4 Å². The van der Waals surface area contributed by atoms with Gasteiger partial charge in [0.2, 0.25) is 5.91 Å². The smallest absolute Gasteiger partial charge is 0.222 e. The van der Waals surface area contributed by atoms with E-state index in [0.717, 1.165) is 5.71 Å². The molecule has 1 saturated heterocycles. The van der Waals surface area contributed by atoms with Crippen LogP contribution < -0.4 is 0 Å². The lowest BCUT2D eigenvalue weighted by atomic mass is 9.80. The minimum atomic E-state index is 0.161. The molecule has 0 aliphatic carbocycles. The lowest BCUT2D eigenvalue weighted by Gasteiger charge is -2.34. The molecule has 0 saturated carbocycles. The van der Waals surface area contributed by atoms with E-state index in [4.69, 9.17) is 5.21 Å². The molecule has 4 nitrogen and oxygen atoms in total. The summed E-state index contributed by atoms with van der Waals surface area (Å²) in [6.07, 6.45) is 1.29. The summed E-state index contributed by atoms with van der Waals surface area (Å²) in [5.41, 5.74) is 0.970. The predicted octanol–water partition coefficient (Wildman–Crippen LogP) is 2.76. The van der Waals surface area contributed by atoms with Crippen LogP contribution in [0.15, 0.2) is 5.16 Å². The number of nitrogens with zero attached hydrogens (tertiary/aromatic N) is 2. The van der Waals surface area contributed by atoms with Gasteiger partial charge >= 0.3 is 0 Å². The number of oxime groups is 1. The van der Waals surface area contributed by atoms with Gasteiger partial charge in [-0.1, -0.05) is 39.8 Å². The fourth-order valence-corrected chi connectivity index (χ4v) is 2.10. The standard InChI is InChI=1S/C14H26N2O2/c1-10-9-16(7-6-12(10)15-18)13(17)8-11(2)14(3,4)5/h10-11,18H,6-9H2,1-5H3.